The van der Waals surface area contributed by atoms with E-state index in [1.54, 1.807) is 0 Å². The van der Waals surface area contributed by atoms with Crippen LogP contribution in [0.2, 0.25) is 0 Å². The van der Waals surface area contributed by atoms with Gasteiger partial charge in [-0.3, -0.25) is 4.55 Å². The maximum absolute atomic E-state index is 10.7. The molecule has 0 aliphatic heterocycles. The third-order valence-corrected chi connectivity index (χ3v) is 6.19. The Morgan fingerprint density at radius 2 is 1.17 bits per heavy atom. The van der Waals surface area contributed by atoms with Crippen molar-refractivity contribution in [3.63, 3.8) is 0 Å². The summed E-state index contributed by atoms with van der Waals surface area (Å²) in [6.45, 7) is 0.387. The summed E-state index contributed by atoms with van der Waals surface area (Å²) in [6.07, 6.45) is 0.906. The smallest absolute Gasteiger partial charge is 0.264 e. The van der Waals surface area contributed by atoms with Gasteiger partial charge in [-0.15, -0.1) is 0 Å². The van der Waals surface area contributed by atoms with E-state index in [0.717, 1.165) is 26.0 Å². The first-order valence-corrected chi connectivity index (χ1v) is 12.5. The highest BCUT2D eigenvalue weighted by Gasteiger charge is 2.12. The Bertz CT molecular complexity index is 1010. The fourth-order valence-corrected chi connectivity index (χ4v) is 3.99. The molecule has 0 atom stereocenters. The molecule has 3 aromatic rings. The summed E-state index contributed by atoms with van der Waals surface area (Å²) in [4.78, 5) is 2.15. The highest BCUT2D eigenvalue weighted by molar-refractivity contribution is 9.10. The highest BCUT2D eigenvalue weighted by Crippen LogP contribution is 2.36. The monoisotopic (exact) mass is 553 g/mol. The van der Waals surface area contributed by atoms with Gasteiger partial charge in [0.1, 0.15) is 5.75 Å². The second-order valence-corrected chi connectivity index (χ2v) is 10.0. The summed E-state index contributed by atoms with van der Waals surface area (Å²) >= 11 is 6.97. The number of halogens is 2. The number of hydrogen-bond acceptors (Lipinski definition) is 4. The van der Waals surface area contributed by atoms with Gasteiger partial charge in [0.2, 0.25) is 0 Å². The fraction of sp³-hybridized carbons (Fsp3) is 0.182. The number of rotatable bonds is 9. The summed E-state index contributed by atoms with van der Waals surface area (Å²) in [7, 11) is -3.91. The molecular formula is C22H21Br2NO4S. The summed E-state index contributed by atoms with van der Waals surface area (Å²) in [5.74, 6) is 0.460. The Morgan fingerprint density at radius 1 is 0.733 bits per heavy atom. The van der Waals surface area contributed by atoms with E-state index in [2.05, 4.69) is 36.8 Å². The average molecular weight is 555 g/mol. The van der Waals surface area contributed by atoms with Crippen molar-refractivity contribution in [2.24, 2.45) is 0 Å². The minimum atomic E-state index is -3.91. The van der Waals surface area contributed by atoms with Crippen LogP contribution in [0.5, 0.6) is 5.75 Å². The van der Waals surface area contributed by atoms with E-state index in [-0.39, 0.29) is 5.75 Å². The summed E-state index contributed by atoms with van der Waals surface area (Å²) < 4.78 is 38.0. The van der Waals surface area contributed by atoms with E-state index in [1.165, 1.54) is 0 Å². The Labute approximate surface area is 193 Å². The topological polar surface area (TPSA) is 66.8 Å². The molecule has 158 valence electrons. The van der Waals surface area contributed by atoms with Crippen LogP contribution in [0.15, 0.2) is 81.7 Å². The zero-order chi connectivity index (χ0) is 21.6. The largest absolute Gasteiger partial charge is 0.494 e. The minimum absolute atomic E-state index is 0.245. The van der Waals surface area contributed by atoms with Gasteiger partial charge in [-0.05, 0) is 85.6 Å². The molecule has 0 unspecified atom stereocenters. The third-order valence-electron chi connectivity index (χ3n) is 4.33. The van der Waals surface area contributed by atoms with Crippen LogP contribution in [0.4, 0.5) is 17.1 Å². The lowest BCUT2D eigenvalue weighted by Gasteiger charge is -2.25. The van der Waals surface area contributed by atoms with Crippen LogP contribution in [-0.2, 0) is 10.1 Å². The maximum atomic E-state index is 10.7. The number of ether oxygens (including phenoxy) is 1. The molecule has 0 saturated heterocycles. The van der Waals surface area contributed by atoms with Crippen molar-refractivity contribution >= 4 is 59.0 Å². The Morgan fingerprint density at radius 3 is 1.60 bits per heavy atom. The van der Waals surface area contributed by atoms with Crippen LogP contribution >= 0.6 is 31.9 Å². The standard InChI is InChI=1S/C22H21Br2NO4S/c23-17-3-7-19(8-4-17)25(20-9-5-18(24)6-10-20)21-11-13-22(14-12-21)29-15-1-2-16-30(26,27)28/h3-14H,1-2,15-16H2,(H,26,27,28). The number of unbranched alkanes of at least 4 members (excludes halogenated alkanes) is 1. The van der Waals surface area contributed by atoms with Crippen molar-refractivity contribution in [2.45, 2.75) is 12.8 Å². The Hall–Kier alpha value is -1.87. The van der Waals surface area contributed by atoms with Crippen LogP contribution in [0.25, 0.3) is 0 Å². The number of anilines is 3. The van der Waals surface area contributed by atoms with Gasteiger partial charge in [-0.2, -0.15) is 8.42 Å². The molecule has 3 rings (SSSR count). The maximum Gasteiger partial charge on any atom is 0.264 e. The van der Waals surface area contributed by atoms with Crippen LogP contribution in [-0.4, -0.2) is 25.3 Å². The summed E-state index contributed by atoms with van der Waals surface area (Å²) in [5, 5.41) is 0. The molecular weight excluding hydrogens is 534 g/mol. The molecule has 3 aromatic carbocycles. The third kappa shape index (κ3) is 6.84. The van der Waals surface area contributed by atoms with E-state index in [0.29, 0.717) is 25.2 Å². The lowest BCUT2D eigenvalue weighted by atomic mass is 10.2. The molecule has 0 amide bonds. The first kappa shape index (κ1) is 22.8. The van der Waals surface area contributed by atoms with Gasteiger partial charge in [0, 0.05) is 26.0 Å². The Balaban J connectivity index is 1.74. The van der Waals surface area contributed by atoms with Crippen molar-refractivity contribution in [3.8, 4) is 5.75 Å². The lowest BCUT2D eigenvalue weighted by Crippen LogP contribution is -2.10. The van der Waals surface area contributed by atoms with Crippen molar-refractivity contribution in [3.05, 3.63) is 81.7 Å². The van der Waals surface area contributed by atoms with Gasteiger partial charge in [0.15, 0.2) is 0 Å². The predicted molar refractivity (Wildman–Crippen MR) is 128 cm³/mol. The first-order chi connectivity index (χ1) is 14.3. The van der Waals surface area contributed by atoms with Crippen molar-refractivity contribution < 1.29 is 17.7 Å². The van der Waals surface area contributed by atoms with Crippen LogP contribution in [0.1, 0.15) is 12.8 Å². The van der Waals surface area contributed by atoms with E-state index in [9.17, 15) is 8.42 Å². The molecule has 0 bridgehead atoms. The molecule has 0 fully saturated rings. The molecule has 1 N–H and O–H groups in total. The lowest BCUT2D eigenvalue weighted by molar-refractivity contribution is 0.309. The highest BCUT2D eigenvalue weighted by atomic mass is 79.9. The number of nitrogens with zero attached hydrogens (tertiary/aromatic N) is 1. The first-order valence-electron chi connectivity index (χ1n) is 9.31. The molecule has 0 saturated carbocycles. The van der Waals surface area contributed by atoms with Crippen LogP contribution in [0.3, 0.4) is 0 Å². The normalized spacial score (nSPS) is 11.3. The van der Waals surface area contributed by atoms with E-state index < -0.39 is 10.1 Å². The second-order valence-electron chi connectivity index (χ2n) is 6.62. The fourth-order valence-electron chi connectivity index (χ4n) is 2.90. The van der Waals surface area contributed by atoms with Crippen LogP contribution < -0.4 is 9.64 Å². The van der Waals surface area contributed by atoms with E-state index >= 15 is 0 Å². The zero-order valence-corrected chi connectivity index (χ0v) is 20.0. The SMILES string of the molecule is O=S(=O)(O)CCCCOc1ccc(N(c2ccc(Br)cc2)c2ccc(Br)cc2)cc1. The van der Waals surface area contributed by atoms with Gasteiger partial charge in [-0.1, -0.05) is 31.9 Å². The van der Waals surface area contributed by atoms with Crippen molar-refractivity contribution in [1.29, 1.82) is 0 Å². The molecule has 0 radical (unpaired) electrons. The molecule has 0 heterocycles. The molecule has 0 spiro atoms. The number of hydrogen-bond donors (Lipinski definition) is 1. The van der Waals surface area contributed by atoms with Crippen molar-refractivity contribution in [1.82, 2.24) is 0 Å². The average Bonchev–Trinajstić information content (AvgIpc) is 2.71. The van der Waals surface area contributed by atoms with Gasteiger partial charge in [0.25, 0.3) is 10.1 Å². The molecule has 0 aliphatic rings. The molecule has 5 nitrogen and oxygen atoms in total. The van der Waals surface area contributed by atoms with E-state index in [4.69, 9.17) is 9.29 Å². The Kier molecular flexibility index (Phi) is 7.93. The molecule has 0 aromatic heterocycles. The second kappa shape index (κ2) is 10.4. The molecule has 30 heavy (non-hydrogen) atoms. The predicted octanol–water partition coefficient (Wildman–Crippen LogP) is 6.73. The summed E-state index contributed by atoms with van der Waals surface area (Å²) in [5.41, 5.74) is 3.04. The minimum Gasteiger partial charge on any atom is -0.494 e. The van der Waals surface area contributed by atoms with Gasteiger partial charge >= 0.3 is 0 Å². The van der Waals surface area contributed by atoms with Gasteiger partial charge < -0.3 is 9.64 Å². The molecule has 0 aliphatic carbocycles. The summed E-state index contributed by atoms with van der Waals surface area (Å²) in [6, 6.07) is 24.0. The molecule has 8 heteroatoms. The van der Waals surface area contributed by atoms with Crippen molar-refractivity contribution in [2.75, 3.05) is 17.3 Å². The number of benzene rings is 3. The quantitative estimate of drug-likeness (QED) is 0.235. The zero-order valence-electron chi connectivity index (χ0n) is 16.0. The van der Waals surface area contributed by atoms with Crippen LogP contribution in [0, 0.1) is 0 Å². The van der Waals surface area contributed by atoms with E-state index in [1.807, 2.05) is 72.8 Å². The van der Waals surface area contributed by atoms with Gasteiger partial charge in [0.05, 0.1) is 12.4 Å². The van der Waals surface area contributed by atoms with Gasteiger partial charge in [-0.25, -0.2) is 0 Å².